The third-order valence-electron chi connectivity index (χ3n) is 2.00. The van der Waals surface area contributed by atoms with Gasteiger partial charge in [0.15, 0.2) is 0 Å². The molecule has 0 saturated heterocycles. The Bertz CT molecular complexity index is 319. The van der Waals surface area contributed by atoms with Gasteiger partial charge in [-0.05, 0) is 30.3 Å². The molecule has 13 heavy (non-hydrogen) atoms. The van der Waals surface area contributed by atoms with E-state index in [0.29, 0.717) is 5.92 Å². The molecule has 0 saturated carbocycles. The maximum absolute atomic E-state index is 5.34. The van der Waals surface area contributed by atoms with Gasteiger partial charge in [-0.15, -0.1) is 0 Å². The molecule has 1 rings (SSSR count). The fourth-order valence-electron chi connectivity index (χ4n) is 1.23. The molecule has 3 N–H and O–H groups in total. The number of aromatic amines is 1. The smallest absolute Gasteiger partial charge is 0.0450 e. The molecule has 0 unspecified atom stereocenters. The first-order chi connectivity index (χ1) is 6.19. The van der Waals surface area contributed by atoms with Gasteiger partial charge in [-0.3, -0.25) is 0 Å². The summed E-state index contributed by atoms with van der Waals surface area (Å²) in [5.74, 6) is 0.499. The predicted octanol–water partition coefficient (Wildman–Crippen LogP) is 2.71. The van der Waals surface area contributed by atoms with Crippen LogP contribution in [0.2, 0.25) is 0 Å². The van der Waals surface area contributed by atoms with E-state index < -0.39 is 0 Å². The van der Waals surface area contributed by atoms with E-state index in [1.165, 1.54) is 5.69 Å². The Hall–Kier alpha value is -1.44. The third kappa shape index (κ3) is 2.02. The SMILES string of the molecule is C=Cc1[nH]c(C(C)C)cc1/C=C\N. The molecule has 0 radical (unpaired) electrons. The Morgan fingerprint density at radius 1 is 1.54 bits per heavy atom. The molecule has 0 aromatic carbocycles. The Labute approximate surface area is 79.2 Å². The van der Waals surface area contributed by atoms with Crippen molar-refractivity contribution >= 4 is 12.2 Å². The van der Waals surface area contributed by atoms with E-state index in [1.54, 1.807) is 12.3 Å². The molecule has 1 heterocycles. The van der Waals surface area contributed by atoms with Crippen LogP contribution in [0.1, 0.15) is 36.7 Å². The van der Waals surface area contributed by atoms with Crippen LogP contribution >= 0.6 is 0 Å². The molecule has 0 bridgehead atoms. The minimum atomic E-state index is 0.499. The zero-order chi connectivity index (χ0) is 9.84. The highest BCUT2D eigenvalue weighted by atomic mass is 14.7. The van der Waals surface area contributed by atoms with E-state index in [0.717, 1.165) is 11.3 Å². The number of aromatic nitrogens is 1. The molecule has 0 spiro atoms. The average Bonchev–Trinajstić information content (AvgIpc) is 2.48. The molecule has 1 aromatic rings. The summed E-state index contributed by atoms with van der Waals surface area (Å²) in [6.07, 6.45) is 5.22. The molecule has 0 aliphatic carbocycles. The van der Waals surface area contributed by atoms with Crippen LogP contribution in [0.4, 0.5) is 0 Å². The van der Waals surface area contributed by atoms with Crippen molar-refractivity contribution in [3.63, 3.8) is 0 Å². The molecule has 0 aliphatic heterocycles. The van der Waals surface area contributed by atoms with Crippen molar-refractivity contribution in [1.82, 2.24) is 4.98 Å². The summed E-state index contributed by atoms with van der Waals surface area (Å²) in [4.78, 5) is 3.29. The Morgan fingerprint density at radius 3 is 2.69 bits per heavy atom. The van der Waals surface area contributed by atoms with Crippen molar-refractivity contribution < 1.29 is 0 Å². The average molecular weight is 176 g/mol. The van der Waals surface area contributed by atoms with Crippen LogP contribution in [0, 0.1) is 0 Å². The normalized spacial score (nSPS) is 11.3. The van der Waals surface area contributed by atoms with Crippen LogP contribution in [0.15, 0.2) is 18.8 Å². The van der Waals surface area contributed by atoms with Crippen LogP contribution in [0.25, 0.3) is 12.2 Å². The standard InChI is InChI=1S/C11H16N2/c1-4-10-9(5-6-12)7-11(13-10)8(2)3/h4-8,13H,1,12H2,2-3H3/b6-5-. The van der Waals surface area contributed by atoms with Gasteiger partial charge in [0.1, 0.15) is 0 Å². The van der Waals surface area contributed by atoms with Gasteiger partial charge < -0.3 is 10.7 Å². The summed E-state index contributed by atoms with van der Waals surface area (Å²) in [6.45, 7) is 8.04. The van der Waals surface area contributed by atoms with Crippen molar-refractivity contribution in [1.29, 1.82) is 0 Å². The summed E-state index contributed by atoms with van der Waals surface area (Å²) in [5, 5.41) is 0. The predicted molar refractivity (Wildman–Crippen MR) is 58.2 cm³/mol. The van der Waals surface area contributed by atoms with Crippen molar-refractivity contribution in [3.8, 4) is 0 Å². The van der Waals surface area contributed by atoms with Crippen LogP contribution in [0.3, 0.4) is 0 Å². The summed E-state index contributed by atoms with van der Waals surface area (Å²) >= 11 is 0. The van der Waals surface area contributed by atoms with E-state index in [-0.39, 0.29) is 0 Å². The quantitative estimate of drug-likeness (QED) is 0.730. The van der Waals surface area contributed by atoms with Crippen molar-refractivity contribution in [2.75, 3.05) is 0 Å². The van der Waals surface area contributed by atoms with Crippen molar-refractivity contribution in [2.24, 2.45) is 5.73 Å². The maximum atomic E-state index is 5.34. The summed E-state index contributed by atoms with van der Waals surface area (Å²) < 4.78 is 0. The van der Waals surface area contributed by atoms with E-state index in [1.807, 2.05) is 6.08 Å². The Kier molecular flexibility index (Phi) is 2.96. The number of nitrogens with two attached hydrogens (primary N) is 1. The highest BCUT2D eigenvalue weighted by molar-refractivity contribution is 5.62. The highest BCUT2D eigenvalue weighted by Gasteiger charge is 2.05. The first-order valence-corrected chi connectivity index (χ1v) is 4.42. The van der Waals surface area contributed by atoms with Crippen LogP contribution in [0.5, 0.6) is 0 Å². The summed E-state index contributed by atoms with van der Waals surface area (Å²) in [5.41, 5.74) is 8.68. The van der Waals surface area contributed by atoms with Gasteiger partial charge in [0, 0.05) is 17.0 Å². The van der Waals surface area contributed by atoms with Gasteiger partial charge >= 0.3 is 0 Å². The van der Waals surface area contributed by atoms with E-state index in [2.05, 4.69) is 31.5 Å². The third-order valence-corrected chi connectivity index (χ3v) is 2.00. The topological polar surface area (TPSA) is 41.8 Å². The monoisotopic (exact) mass is 176 g/mol. The minimum absolute atomic E-state index is 0.499. The van der Waals surface area contributed by atoms with E-state index in [4.69, 9.17) is 5.73 Å². The molecule has 0 amide bonds. The zero-order valence-electron chi connectivity index (χ0n) is 8.17. The second-order valence-corrected chi connectivity index (χ2v) is 3.31. The minimum Gasteiger partial charge on any atom is -0.405 e. The molecule has 0 aliphatic rings. The lowest BCUT2D eigenvalue weighted by atomic mass is 10.1. The van der Waals surface area contributed by atoms with Gasteiger partial charge in [0.25, 0.3) is 0 Å². The van der Waals surface area contributed by atoms with Crippen molar-refractivity contribution in [2.45, 2.75) is 19.8 Å². The molecule has 2 nitrogen and oxygen atoms in total. The first kappa shape index (κ1) is 9.65. The molecule has 1 aromatic heterocycles. The van der Waals surface area contributed by atoms with Crippen molar-refractivity contribution in [3.05, 3.63) is 35.8 Å². The van der Waals surface area contributed by atoms with Crippen LogP contribution < -0.4 is 5.73 Å². The number of H-pyrrole nitrogens is 1. The van der Waals surface area contributed by atoms with Gasteiger partial charge in [-0.2, -0.15) is 0 Å². The number of hydrogen-bond acceptors (Lipinski definition) is 1. The summed E-state index contributed by atoms with van der Waals surface area (Å²) in [6, 6.07) is 2.10. The molecule has 70 valence electrons. The molecule has 0 fully saturated rings. The lowest BCUT2D eigenvalue weighted by Gasteiger charge is -1.98. The first-order valence-electron chi connectivity index (χ1n) is 4.42. The van der Waals surface area contributed by atoms with E-state index >= 15 is 0 Å². The fraction of sp³-hybridized carbons (Fsp3) is 0.273. The second kappa shape index (κ2) is 3.99. The summed E-state index contributed by atoms with van der Waals surface area (Å²) in [7, 11) is 0. The number of hydrogen-bond donors (Lipinski definition) is 2. The molecule has 2 heteroatoms. The molecular weight excluding hydrogens is 160 g/mol. The van der Waals surface area contributed by atoms with Gasteiger partial charge in [0.2, 0.25) is 0 Å². The second-order valence-electron chi connectivity index (χ2n) is 3.31. The largest absolute Gasteiger partial charge is 0.405 e. The zero-order valence-corrected chi connectivity index (χ0v) is 8.17. The Morgan fingerprint density at radius 2 is 2.23 bits per heavy atom. The fourth-order valence-corrected chi connectivity index (χ4v) is 1.23. The van der Waals surface area contributed by atoms with Gasteiger partial charge in [0.05, 0.1) is 0 Å². The van der Waals surface area contributed by atoms with Crippen LogP contribution in [-0.2, 0) is 0 Å². The van der Waals surface area contributed by atoms with Gasteiger partial charge in [-0.1, -0.05) is 20.4 Å². The van der Waals surface area contributed by atoms with E-state index in [9.17, 15) is 0 Å². The lowest BCUT2D eigenvalue weighted by Crippen LogP contribution is -1.85. The Balaban J connectivity index is 3.11. The maximum Gasteiger partial charge on any atom is 0.0450 e. The molecule has 0 atom stereocenters. The number of rotatable bonds is 3. The molecular formula is C11H16N2. The van der Waals surface area contributed by atoms with Crippen LogP contribution in [-0.4, -0.2) is 4.98 Å². The lowest BCUT2D eigenvalue weighted by molar-refractivity contribution is 0.832. The highest BCUT2D eigenvalue weighted by Crippen LogP contribution is 2.19. The van der Waals surface area contributed by atoms with Gasteiger partial charge in [-0.25, -0.2) is 0 Å². The number of nitrogens with one attached hydrogen (secondary N) is 1.